The molecule has 2 rings (SSSR count). The fourth-order valence-electron chi connectivity index (χ4n) is 2.13. The van der Waals surface area contributed by atoms with Gasteiger partial charge in [0.15, 0.2) is 0 Å². The number of amides is 1. The second kappa shape index (κ2) is 8.86. The summed E-state index contributed by atoms with van der Waals surface area (Å²) in [5.74, 6) is 0.657. The van der Waals surface area contributed by atoms with Gasteiger partial charge < -0.3 is 10.1 Å². The summed E-state index contributed by atoms with van der Waals surface area (Å²) >= 11 is 5.13. The predicted octanol–water partition coefficient (Wildman–Crippen LogP) is 4.15. The molecule has 1 heterocycles. The fraction of sp³-hybridized carbons (Fsp3) is 0.235. The first kappa shape index (κ1) is 17.7. The van der Waals surface area contributed by atoms with E-state index in [4.69, 9.17) is 4.74 Å². The molecule has 0 spiro atoms. The van der Waals surface area contributed by atoms with Gasteiger partial charge in [-0.1, -0.05) is 12.1 Å². The Kier molecular flexibility index (Phi) is 6.83. The van der Waals surface area contributed by atoms with E-state index in [0.29, 0.717) is 25.4 Å². The first-order valence-corrected chi connectivity index (χ1v) is 8.73. The summed E-state index contributed by atoms with van der Waals surface area (Å²) in [6, 6.07) is 11.4. The van der Waals surface area contributed by atoms with Gasteiger partial charge in [0, 0.05) is 29.7 Å². The van der Waals surface area contributed by atoms with Crippen LogP contribution < -0.4 is 10.1 Å². The lowest BCUT2D eigenvalue weighted by molar-refractivity contribution is -0.117. The normalized spacial score (nSPS) is 10.6. The Balaban J connectivity index is 1.95. The Labute approximate surface area is 148 Å². The maximum atomic E-state index is 12.3. The minimum atomic E-state index is -0.0595. The SMILES string of the molecule is C=CCN(CC(=O)Nc1cccc(OC)c1)Cc1ccc(Br)s1. The van der Waals surface area contributed by atoms with Crippen molar-refractivity contribution in [2.75, 3.05) is 25.5 Å². The van der Waals surface area contributed by atoms with E-state index in [-0.39, 0.29) is 5.91 Å². The van der Waals surface area contributed by atoms with Crippen LogP contribution in [0.4, 0.5) is 5.69 Å². The zero-order valence-corrected chi connectivity index (χ0v) is 15.3. The molecule has 0 aliphatic rings. The van der Waals surface area contributed by atoms with E-state index in [0.717, 1.165) is 9.47 Å². The van der Waals surface area contributed by atoms with Crippen molar-refractivity contribution in [3.05, 3.63) is 57.7 Å². The number of hydrogen-bond acceptors (Lipinski definition) is 4. The smallest absolute Gasteiger partial charge is 0.238 e. The van der Waals surface area contributed by atoms with E-state index < -0.39 is 0 Å². The zero-order chi connectivity index (χ0) is 16.7. The van der Waals surface area contributed by atoms with Crippen molar-refractivity contribution in [2.24, 2.45) is 0 Å². The minimum absolute atomic E-state index is 0.0595. The maximum absolute atomic E-state index is 12.3. The average molecular weight is 395 g/mol. The number of benzene rings is 1. The number of carbonyl (C=O) groups excluding carboxylic acids is 1. The summed E-state index contributed by atoms with van der Waals surface area (Å²) in [5.41, 5.74) is 0.728. The second-order valence-corrected chi connectivity index (χ2v) is 7.49. The number of nitrogens with zero attached hydrogens (tertiary/aromatic N) is 1. The van der Waals surface area contributed by atoms with Crippen molar-refractivity contribution in [3.8, 4) is 5.75 Å². The third-order valence-electron chi connectivity index (χ3n) is 3.12. The van der Waals surface area contributed by atoms with Gasteiger partial charge in [0.1, 0.15) is 5.75 Å². The molecular weight excluding hydrogens is 376 g/mol. The summed E-state index contributed by atoms with van der Waals surface area (Å²) in [7, 11) is 1.60. The molecule has 122 valence electrons. The van der Waals surface area contributed by atoms with Gasteiger partial charge in [0.25, 0.3) is 0 Å². The molecule has 0 fully saturated rings. The topological polar surface area (TPSA) is 41.6 Å². The molecule has 0 unspecified atom stereocenters. The summed E-state index contributed by atoms with van der Waals surface area (Å²) in [6.45, 7) is 5.44. The van der Waals surface area contributed by atoms with Gasteiger partial charge in [-0.05, 0) is 40.2 Å². The monoisotopic (exact) mass is 394 g/mol. The molecule has 0 aliphatic carbocycles. The molecule has 0 saturated carbocycles. The third kappa shape index (κ3) is 5.82. The predicted molar refractivity (Wildman–Crippen MR) is 99.1 cm³/mol. The van der Waals surface area contributed by atoms with Crippen LogP contribution in [0.3, 0.4) is 0 Å². The highest BCUT2D eigenvalue weighted by Gasteiger charge is 2.12. The number of carbonyl (C=O) groups is 1. The molecule has 0 saturated heterocycles. The molecule has 6 heteroatoms. The zero-order valence-electron chi connectivity index (χ0n) is 12.9. The Hall–Kier alpha value is -1.63. The standard InChI is InChI=1S/C17H19BrN2O2S/c1-3-9-20(11-15-7-8-16(18)23-15)12-17(21)19-13-5-4-6-14(10-13)22-2/h3-8,10H,1,9,11-12H2,2H3,(H,19,21). The Morgan fingerprint density at radius 3 is 2.91 bits per heavy atom. The van der Waals surface area contributed by atoms with Gasteiger partial charge in [-0.15, -0.1) is 17.9 Å². The van der Waals surface area contributed by atoms with Crippen LogP contribution in [0.25, 0.3) is 0 Å². The van der Waals surface area contributed by atoms with E-state index in [1.807, 2.05) is 35.2 Å². The number of methoxy groups -OCH3 is 1. The fourth-order valence-corrected chi connectivity index (χ4v) is 3.65. The molecule has 1 aromatic heterocycles. The molecule has 4 nitrogen and oxygen atoms in total. The number of rotatable bonds is 8. The molecule has 0 bridgehead atoms. The van der Waals surface area contributed by atoms with Crippen LogP contribution in [0.5, 0.6) is 5.75 Å². The van der Waals surface area contributed by atoms with Crippen molar-refractivity contribution >= 4 is 38.9 Å². The molecule has 1 N–H and O–H groups in total. The van der Waals surface area contributed by atoms with Crippen LogP contribution in [0.1, 0.15) is 4.88 Å². The highest BCUT2D eigenvalue weighted by atomic mass is 79.9. The largest absolute Gasteiger partial charge is 0.497 e. The summed E-state index contributed by atoms with van der Waals surface area (Å²) in [4.78, 5) is 15.5. The minimum Gasteiger partial charge on any atom is -0.497 e. The number of nitrogens with one attached hydrogen (secondary N) is 1. The van der Waals surface area contributed by atoms with Gasteiger partial charge >= 0.3 is 0 Å². The van der Waals surface area contributed by atoms with E-state index >= 15 is 0 Å². The average Bonchev–Trinajstić information content (AvgIpc) is 2.92. The third-order valence-corrected chi connectivity index (χ3v) is 4.72. The van der Waals surface area contributed by atoms with Gasteiger partial charge in [0.05, 0.1) is 17.4 Å². The molecule has 23 heavy (non-hydrogen) atoms. The van der Waals surface area contributed by atoms with Crippen molar-refractivity contribution in [1.82, 2.24) is 4.90 Å². The second-order valence-electron chi connectivity index (χ2n) is 4.94. The molecule has 0 atom stereocenters. The number of thiophene rings is 1. The Morgan fingerprint density at radius 1 is 1.43 bits per heavy atom. The lowest BCUT2D eigenvalue weighted by atomic mass is 10.3. The van der Waals surface area contributed by atoms with E-state index in [2.05, 4.69) is 33.9 Å². The summed E-state index contributed by atoms with van der Waals surface area (Å²) < 4.78 is 6.25. The van der Waals surface area contributed by atoms with Gasteiger partial charge in [-0.2, -0.15) is 0 Å². The molecule has 0 radical (unpaired) electrons. The van der Waals surface area contributed by atoms with Crippen molar-refractivity contribution in [2.45, 2.75) is 6.54 Å². The molecule has 1 aromatic carbocycles. The number of anilines is 1. The molecule has 1 amide bonds. The van der Waals surface area contributed by atoms with Gasteiger partial charge in [0.2, 0.25) is 5.91 Å². The summed E-state index contributed by atoms with van der Waals surface area (Å²) in [6.07, 6.45) is 1.81. The first-order chi connectivity index (χ1) is 11.1. The van der Waals surface area contributed by atoms with Crippen LogP contribution in [0.2, 0.25) is 0 Å². The van der Waals surface area contributed by atoms with Crippen molar-refractivity contribution in [3.63, 3.8) is 0 Å². The lowest BCUT2D eigenvalue weighted by Gasteiger charge is -2.19. The Bertz CT molecular complexity index is 672. The number of ether oxygens (including phenoxy) is 1. The number of halogens is 1. The quantitative estimate of drug-likeness (QED) is 0.683. The molecular formula is C17H19BrN2O2S. The van der Waals surface area contributed by atoms with Crippen LogP contribution >= 0.6 is 27.3 Å². The van der Waals surface area contributed by atoms with Crippen molar-refractivity contribution in [1.29, 1.82) is 0 Å². The molecule has 2 aromatic rings. The Morgan fingerprint density at radius 2 is 2.26 bits per heavy atom. The van der Waals surface area contributed by atoms with E-state index in [9.17, 15) is 4.79 Å². The van der Waals surface area contributed by atoms with E-state index in [1.54, 1.807) is 24.5 Å². The number of hydrogen-bond donors (Lipinski definition) is 1. The highest BCUT2D eigenvalue weighted by molar-refractivity contribution is 9.11. The molecule has 0 aliphatic heterocycles. The highest BCUT2D eigenvalue weighted by Crippen LogP contribution is 2.23. The first-order valence-electron chi connectivity index (χ1n) is 7.12. The van der Waals surface area contributed by atoms with Gasteiger partial charge in [-0.3, -0.25) is 9.69 Å². The van der Waals surface area contributed by atoms with Crippen LogP contribution in [-0.4, -0.2) is 31.0 Å². The van der Waals surface area contributed by atoms with E-state index in [1.165, 1.54) is 4.88 Å². The lowest BCUT2D eigenvalue weighted by Crippen LogP contribution is -2.32. The van der Waals surface area contributed by atoms with Crippen LogP contribution in [0, 0.1) is 0 Å². The van der Waals surface area contributed by atoms with Crippen molar-refractivity contribution < 1.29 is 9.53 Å². The summed E-state index contributed by atoms with van der Waals surface area (Å²) in [5, 5.41) is 2.90. The maximum Gasteiger partial charge on any atom is 0.238 e. The van der Waals surface area contributed by atoms with Gasteiger partial charge in [-0.25, -0.2) is 0 Å². The van der Waals surface area contributed by atoms with Crippen LogP contribution in [-0.2, 0) is 11.3 Å². The van der Waals surface area contributed by atoms with Crippen LogP contribution in [0.15, 0.2) is 52.8 Å².